The average Bonchev–Trinajstić information content (AvgIpc) is 2.22. The molecule has 0 spiro atoms. The van der Waals surface area contributed by atoms with Gasteiger partial charge in [0.05, 0.1) is 4.47 Å². The zero-order valence-electron chi connectivity index (χ0n) is 10.3. The van der Waals surface area contributed by atoms with E-state index in [9.17, 15) is 0 Å². The lowest BCUT2D eigenvalue weighted by atomic mass is 9.91. The van der Waals surface area contributed by atoms with Crippen molar-refractivity contribution in [3.63, 3.8) is 0 Å². The fourth-order valence-electron chi connectivity index (χ4n) is 2.16. The second-order valence-electron chi connectivity index (χ2n) is 4.74. The van der Waals surface area contributed by atoms with E-state index < -0.39 is 0 Å². The third-order valence-corrected chi connectivity index (χ3v) is 3.93. The third kappa shape index (κ3) is 2.99. The van der Waals surface area contributed by atoms with Crippen LogP contribution < -0.4 is 10.6 Å². The molecule has 1 aliphatic rings. The van der Waals surface area contributed by atoms with Gasteiger partial charge in [0, 0.05) is 18.8 Å². The molecule has 0 unspecified atom stereocenters. The van der Waals surface area contributed by atoms with Gasteiger partial charge in [-0.2, -0.15) is 0 Å². The first-order valence-corrected chi connectivity index (χ1v) is 7.10. The minimum absolute atomic E-state index is 0.660. The normalized spacial score (nSPS) is 15.7. The molecule has 0 amide bonds. The number of hydrogen-bond donors (Lipinski definition) is 1. The van der Waals surface area contributed by atoms with E-state index >= 15 is 0 Å². The van der Waals surface area contributed by atoms with Crippen molar-refractivity contribution < 1.29 is 0 Å². The minimum Gasteiger partial charge on any atom is -0.353 e. The van der Waals surface area contributed by atoms with Crippen LogP contribution in [-0.4, -0.2) is 24.1 Å². The fourth-order valence-corrected chi connectivity index (χ4v) is 2.85. The van der Waals surface area contributed by atoms with Crippen molar-refractivity contribution in [2.24, 2.45) is 5.73 Å². The molecule has 0 atom stereocenters. The van der Waals surface area contributed by atoms with Crippen LogP contribution in [0.1, 0.15) is 31.2 Å². The first-order valence-electron chi connectivity index (χ1n) is 6.31. The Hall–Kier alpha value is -0.610. The Bertz CT molecular complexity index is 377. The van der Waals surface area contributed by atoms with Gasteiger partial charge >= 0.3 is 0 Å². The van der Waals surface area contributed by atoms with Crippen LogP contribution in [0.15, 0.2) is 16.7 Å². The highest BCUT2D eigenvalue weighted by atomic mass is 79.9. The van der Waals surface area contributed by atoms with Crippen molar-refractivity contribution in [1.82, 2.24) is 4.98 Å². The van der Waals surface area contributed by atoms with Crippen molar-refractivity contribution in [3.05, 3.63) is 22.3 Å². The summed E-state index contributed by atoms with van der Waals surface area (Å²) in [6, 6.07) is 2.80. The average molecular weight is 298 g/mol. The molecular formula is C13H20BrN3. The molecule has 1 saturated carbocycles. The van der Waals surface area contributed by atoms with Crippen LogP contribution in [0.3, 0.4) is 0 Å². The Morgan fingerprint density at radius 3 is 2.82 bits per heavy atom. The summed E-state index contributed by atoms with van der Waals surface area (Å²) < 4.78 is 1.10. The highest BCUT2D eigenvalue weighted by Gasteiger charge is 2.26. The Morgan fingerprint density at radius 1 is 1.53 bits per heavy atom. The molecule has 0 saturated heterocycles. The number of halogens is 1. The zero-order chi connectivity index (χ0) is 12.3. The molecule has 1 heterocycles. The quantitative estimate of drug-likeness (QED) is 0.909. The number of rotatable bonds is 5. The molecule has 1 aromatic heterocycles. The van der Waals surface area contributed by atoms with E-state index in [0.717, 1.165) is 29.8 Å². The molecule has 2 rings (SSSR count). The van der Waals surface area contributed by atoms with Crippen molar-refractivity contribution in [1.29, 1.82) is 0 Å². The fraction of sp³-hybridized carbons (Fsp3) is 0.615. The van der Waals surface area contributed by atoms with Crippen LogP contribution in [0.2, 0.25) is 0 Å². The first-order chi connectivity index (χ1) is 8.22. The predicted octanol–water partition coefficient (Wildman–Crippen LogP) is 2.86. The highest BCUT2D eigenvalue weighted by molar-refractivity contribution is 9.10. The number of nitrogens with zero attached hydrogens (tertiary/aromatic N) is 2. The molecule has 1 aromatic rings. The lowest BCUT2D eigenvalue weighted by Crippen LogP contribution is -2.42. The number of aryl methyl sites for hydroxylation is 1. The van der Waals surface area contributed by atoms with Gasteiger partial charge in [-0.3, -0.25) is 0 Å². The molecule has 0 aromatic carbocycles. The van der Waals surface area contributed by atoms with Crippen LogP contribution in [0.25, 0.3) is 0 Å². The third-order valence-electron chi connectivity index (χ3n) is 3.35. The molecule has 2 N–H and O–H groups in total. The standard InChI is InChI=1S/C13H20BrN3/c1-10-8-12(14)13(16-9-10)17(7-3-6-15)11-4-2-5-11/h8-9,11H,2-7,15H2,1H3. The summed E-state index contributed by atoms with van der Waals surface area (Å²) in [6.45, 7) is 3.82. The molecule has 94 valence electrons. The van der Waals surface area contributed by atoms with Gasteiger partial charge < -0.3 is 10.6 Å². The van der Waals surface area contributed by atoms with Gasteiger partial charge in [-0.05, 0) is 66.7 Å². The smallest absolute Gasteiger partial charge is 0.143 e. The van der Waals surface area contributed by atoms with Gasteiger partial charge in [-0.15, -0.1) is 0 Å². The van der Waals surface area contributed by atoms with Gasteiger partial charge in [-0.25, -0.2) is 4.98 Å². The summed E-state index contributed by atoms with van der Waals surface area (Å²) in [7, 11) is 0. The lowest BCUT2D eigenvalue weighted by Gasteiger charge is -2.39. The van der Waals surface area contributed by atoms with Crippen molar-refractivity contribution in [2.75, 3.05) is 18.0 Å². The largest absolute Gasteiger partial charge is 0.353 e. The maximum Gasteiger partial charge on any atom is 0.143 e. The summed E-state index contributed by atoms with van der Waals surface area (Å²) >= 11 is 3.63. The van der Waals surface area contributed by atoms with Gasteiger partial charge in [0.25, 0.3) is 0 Å². The van der Waals surface area contributed by atoms with E-state index in [1.807, 2.05) is 6.20 Å². The van der Waals surface area contributed by atoms with E-state index in [1.54, 1.807) is 0 Å². The summed E-state index contributed by atoms with van der Waals surface area (Å²) in [6.07, 6.45) is 6.87. The summed E-state index contributed by atoms with van der Waals surface area (Å²) in [5.74, 6) is 1.08. The number of anilines is 1. The van der Waals surface area contributed by atoms with Crippen molar-refractivity contribution in [2.45, 2.75) is 38.6 Å². The van der Waals surface area contributed by atoms with E-state index in [4.69, 9.17) is 5.73 Å². The minimum atomic E-state index is 0.660. The highest BCUT2D eigenvalue weighted by Crippen LogP contribution is 2.32. The molecule has 1 fully saturated rings. The molecule has 17 heavy (non-hydrogen) atoms. The van der Waals surface area contributed by atoms with Gasteiger partial charge in [0.1, 0.15) is 5.82 Å². The van der Waals surface area contributed by atoms with Crippen molar-refractivity contribution >= 4 is 21.7 Å². The summed E-state index contributed by atoms with van der Waals surface area (Å²) in [4.78, 5) is 6.99. The predicted molar refractivity (Wildman–Crippen MR) is 75.3 cm³/mol. The Balaban J connectivity index is 2.17. The SMILES string of the molecule is Cc1cnc(N(CCCN)C2CCC2)c(Br)c1. The topological polar surface area (TPSA) is 42.2 Å². The van der Waals surface area contributed by atoms with Gasteiger partial charge in [0.2, 0.25) is 0 Å². The van der Waals surface area contributed by atoms with Crippen LogP contribution in [0, 0.1) is 6.92 Å². The van der Waals surface area contributed by atoms with E-state index in [-0.39, 0.29) is 0 Å². The molecule has 3 nitrogen and oxygen atoms in total. The van der Waals surface area contributed by atoms with Crippen LogP contribution in [0.5, 0.6) is 0 Å². The number of nitrogens with two attached hydrogens (primary N) is 1. The monoisotopic (exact) mass is 297 g/mol. The molecule has 0 aliphatic heterocycles. The Morgan fingerprint density at radius 2 is 2.29 bits per heavy atom. The number of hydrogen-bond acceptors (Lipinski definition) is 3. The van der Waals surface area contributed by atoms with Crippen LogP contribution >= 0.6 is 15.9 Å². The van der Waals surface area contributed by atoms with Crippen LogP contribution in [-0.2, 0) is 0 Å². The number of pyridine rings is 1. The molecule has 0 bridgehead atoms. The second kappa shape index (κ2) is 5.83. The first kappa shape index (κ1) is 12.8. The van der Waals surface area contributed by atoms with E-state index in [2.05, 4.69) is 38.8 Å². The van der Waals surface area contributed by atoms with E-state index in [1.165, 1.54) is 24.8 Å². The number of aromatic nitrogens is 1. The van der Waals surface area contributed by atoms with Crippen LogP contribution in [0.4, 0.5) is 5.82 Å². The lowest BCUT2D eigenvalue weighted by molar-refractivity contribution is 0.382. The molecular weight excluding hydrogens is 278 g/mol. The summed E-state index contributed by atoms with van der Waals surface area (Å²) in [5, 5.41) is 0. The zero-order valence-corrected chi connectivity index (χ0v) is 11.9. The maximum absolute atomic E-state index is 5.62. The van der Waals surface area contributed by atoms with Gasteiger partial charge in [0.15, 0.2) is 0 Å². The van der Waals surface area contributed by atoms with E-state index in [0.29, 0.717) is 6.04 Å². The Labute approximate surface area is 112 Å². The van der Waals surface area contributed by atoms with Crippen molar-refractivity contribution in [3.8, 4) is 0 Å². The Kier molecular flexibility index (Phi) is 4.40. The second-order valence-corrected chi connectivity index (χ2v) is 5.59. The molecule has 0 radical (unpaired) electrons. The summed E-state index contributed by atoms with van der Waals surface area (Å²) in [5.41, 5.74) is 6.81. The molecule has 1 aliphatic carbocycles. The van der Waals surface area contributed by atoms with Gasteiger partial charge in [-0.1, -0.05) is 0 Å². The molecule has 4 heteroatoms. The maximum atomic E-state index is 5.62.